The van der Waals surface area contributed by atoms with Crippen LogP contribution >= 0.6 is 0 Å². The summed E-state index contributed by atoms with van der Waals surface area (Å²) in [5, 5.41) is 24.7. The van der Waals surface area contributed by atoms with E-state index in [1.54, 1.807) is 31.5 Å². The summed E-state index contributed by atoms with van der Waals surface area (Å²) >= 11 is 0. The molecule has 1 spiro atoms. The number of carbonyl (C=O) groups is 1. The van der Waals surface area contributed by atoms with E-state index in [1.165, 1.54) is 18.2 Å². The Morgan fingerprint density at radius 3 is 2.54 bits per heavy atom. The van der Waals surface area contributed by atoms with Crippen molar-refractivity contribution in [2.24, 2.45) is 0 Å². The molecule has 1 aliphatic heterocycles. The maximum atomic E-state index is 13.7. The summed E-state index contributed by atoms with van der Waals surface area (Å²) in [5.41, 5.74) is 1.23. The number of pyridine rings is 2. The number of aromatic nitrogens is 4. The molecule has 1 unspecified atom stereocenters. The maximum Gasteiger partial charge on any atom is 0.408 e. The van der Waals surface area contributed by atoms with Gasteiger partial charge in [-0.3, -0.25) is 19.4 Å². The van der Waals surface area contributed by atoms with Crippen molar-refractivity contribution in [2.75, 3.05) is 12.0 Å². The summed E-state index contributed by atoms with van der Waals surface area (Å²) in [6.45, 7) is 0.423. The lowest BCUT2D eigenvalue weighted by Crippen LogP contribution is -2.43. The van der Waals surface area contributed by atoms with Gasteiger partial charge < -0.3 is 14.9 Å². The van der Waals surface area contributed by atoms with Crippen LogP contribution in [0, 0.1) is 6.92 Å². The molecule has 0 aromatic carbocycles. The highest BCUT2D eigenvalue weighted by Crippen LogP contribution is 2.52. The van der Waals surface area contributed by atoms with E-state index in [9.17, 15) is 28.2 Å². The standard InChI is InChI=1S/C23H22F3N5O4/c1-12-3-16(13-4-15(35-2)9-27-7-13)29-20-19(12)21(34)31(22(20)5-17(32)18(33)6-22)14-8-28-30(10-14)11-23(24,25)26/h3-4,7-10,17-18,32-33H,5-6,11H2,1-2H3/t17-,18+,22?. The monoisotopic (exact) mass is 489 g/mol. The fraction of sp³-hybridized carbons (Fsp3) is 0.391. The van der Waals surface area contributed by atoms with Crippen LogP contribution < -0.4 is 9.64 Å². The van der Waals surface area contributed by atoms with E-state index >= 15 is 0 Å². The van der Waals surface area contributed by atoms with Crippen LogP contribution in [0.15, 0.2) is 36.9 Å². The average molecular weight is 489 g/mol. The van der Waals surface area contributed by atoms with Crippen LogP contribution in [0.2, 0.25) is 0 Å². The number of halogens is 3. The maximum absolute atomic E-state index is 13.7. The molecule has 12 heteroatoms. The Morgan fingerprint density at radius 2 is 1.89 bits per heavy atom. The van der Waals surface area contributed by atoms with E-state index in [4.69, 9.17) is 9.72 Å². The number of rotatable bonds is 4. The first kappa shape index (κ1) is 23.2. The van der Waals surface area contributed by atoms with E-state index in [2.05, 4.69) is 10.1 Å². The minimum absolute atomic E-state index is 0.0381. The largest absolute Gasteiger partial charge is 0.495 e. The number of amides is 1. The Labute approximate surface area is 197 Å². The van der Waals surface area contributed by atoms with Crippen molar-refractivity contribution in [3.63, 3.8) is 0 Å². The van der Waals surface area contributed by atoms with Gasteiger partial charge in [0.1, 0.15) is 12.3 Å². The van der Waals surface area contributed by atoms with Gasteiger partial charge in [0.2, 0.25) is 0 Å². The number of aliphatic hydroxyl groups excluding tert-OH is 2. The molecule has 2 aliphatic rings. The zero-order chi connectivity index (χ0) is 25.1. The lowest BCUT2D eigenvalue weighted by atomic mass is 9.90. The zero-order valence-electron chi connectivity index (χ0n) is 18.8. The number of alkyl halides is 3. The molecule has 1 aliphatic carbocycles. The summed E-state index contributed by atoms with van der Waals surface area (Å²) in [5.74, 6) is 0.0341. The van der Waals surface area contributed by atoms with Crippen LogP contribution in [0.4, 0.5) is 18.9 Å². The molecule has 184 valence electrons. The van der Waals surface area contributed by atoms with Crippen molar-refractivity contribution in [2.45, 2.75) is 50.2 Å². The smallest absolute Gasteiger partial charge is 0.408 e. The van der Waals surface area contributed by atoms with Crippen molar-refractivity contribution >= 4 is 11.6 Å². The highest BCUT2D eigenvalue weighted by molar-refractivity contribution is 6.12. The van der Waals surface area contributed by atoms with E-state index in [0.717, 1.165) is 6.20 Å². The van der Waals surface area contributed by atoms with Crippen molar-refractivity contribution in [3.8, 4) is 17.0 Å². The number of ether oxygens (including phenoxy) is 1. The topological polar surface area (TPSA) is 114 Å². The molecule has 0 saturated heterocycles. The number of anilines is 1. The van der Waals surface area contributed by atoms with Crippen LogP contribution in [0.3, 0.4) is 0 Å². The Hall–Kier alpha value is -3.51. The van der Waals surface area contributed by atoms with Crippen LogP contribution in [0.5, 0.6) is 5.75 Å². The first-order valence-corrected chi connectivity index (χ1v) is 10.8. The Kier molecular flexibility index (Phi) is 5.33. The third-order valence-electron chi connectivity index (χ3n) is 6.50. The number of methoxy groups -OCH3 is 1. The molecule has 5 rings (SSSR count). The third-order valence-corrected chi connectivity index (χ3v) is 6.50. The fourth-order valence-corrected chi connectivity index (χ4v) is 5.04. The Bertz CT molecular complexity index is 1300. The molecule has 3 atom stereocenters. The first-order valence-electron chi connectivity index (χ1n) is 10.8. The molecule has 3 aromatic rings. The molecule has 35 heavy (non-hydrogen) atoms. The number of aryl methyl sites for hydroxylation is 1. The van der Waals surface area contributed by atoms with Gasteiger partial charge in [0.05, 0.1) is 59.9 Å². The number of hydrogen-bond acceptors (Lipinski definition) is 7. The van der Waals surface area contributed by atoms with Gasteiger partial charge in [-0.2, -0.15) is 18.3 Å². The van der Waals surface area contributed by atoms with Gasteiger partial charge in [-0.05, 0) is 24.6 Å². The van der Waals surface area contributed by atoms with Crippen molar-refractivity contribution in [1.82, 2.24) is 19.7 Å². The average Bonchev–Trinajstić information content (AvgIpc) is 3.42. The lowest BCUT2D eigenvalue weighted by Gasteiger charge is -2.34. The highest BCUT2D eigenvalue weighted by Gasteiger charge is 2.59. The van der Waals surface area contributed by atoms with Crippen molar-refractivity contribution < 1.29 is 32.9 Å². The molecule has 4 heterocycles. The molecular formula is C23H22F3N5O4. The number of nitrogens with zero attached hydrogens (tertiary/aromatic N) is 5. The second-order valence-corrected chi connectivity index (χ2v) is 8.89. The minimum atomic E-state index is -4.49. The zero-order valence-corrected chi connectivity index (χ0v) is 18.8. The van der Waals surface area contributed by atoms with E-state index in [1.807, 2.05) is 0 Å². The summed E-state index contributed by atoms with van der Waals surface area (Å²) in [6.07, 6.45) is -1.41. The van der Waals surface area contributed by atoms with Gasteiger partial charge in [-0.1, -0.05) is 0 Å². The normalized spacial score (nSPS) is 23.9. The molecule has 2 N–H and O–H groups in total. The van der Waals surface area contributed by atoms with E-state index < -0.39 is 36.4 Å². The lowest BCUT2D eigenvalue weighted by molar-refractivity contribution is -0.142. The van der Waals surface area contributed by atoms with Gasteiger partial charge in [0, 0.05) is 30.8 Å². The van der Waals surface area contributed by atoms with Gasteiger partial charge in [0.25, 0.3) is 5.91 Å². The Morgan fingerprint density at radius 1 is 1.17 bits per heavy atom. The van der Waals surface area contributed by atoms with Crippen molar-refractivity contribution in [3.05, 3.63) is 53.7 Å². The third kappa shape index (κ3) is 3.82. The molecule has 1 amide bonds. The summed E-state index contributed by atoms with van der Waals surface area (Å²) in [4.78, 5) is 23.9. The van der Waals surface area contributed by atoms with E-state index in [-0.39, 0.29) is 24.1 Å². The first-order chi connectivity index (χ1) is 16.5. The van der Waals surface area contributed by atoms with Crippen molar-refractivity contribution in [1.29, 1.82) is 0 Å². The van der Waals surface area contributed by atoms with Crippen LogP contribution in [-0.4, -0.2) is 61.4 Å². The molecule has 1 saturated carbocycles. The SMILES string of the molecule is COc1cncc(-c2cc(C)c3c(n2)C2(C[C@@H](O)[C@@H](O)C2)N(c2cnn(CC(F)(F)F)c2)C3=O)c1. The van der Waals surface area contributed by atoms with Gasteiger partial charge >= 0.3 is 6.18 Å². The number of aliphatic hydroxyl groups is 2. The van der Waals surface area contributed by atoms with Crippen LogP contribution in [-0.2, 0) is 12.1 Å². The van der Waals surface area contributed by atoms with Gasteiger partial charge in [-0.25, -0.2) is 4.98 Å². The van der Waals surface area contributed by atoms with Gasteiger partial charge in [-0.15, -0.1) is 0 Å². The summed E-state index contributed by atoms with van der Waals surface area (Å²) in [6, 6.07) is 3.46. The number of fused-ring (bicyclic) bond motifs is 2. The molecule has 3 aromatic heterocycles. The number of carbonyl (C=O) groups excluding carboxylic acids is 1. The molecule has 9 nitrogen and oxygen atoms in total. The second-order valence-electron chi connectivity index (χ2n) is 8.89. The molecule has 0 bridgehead atoms. The molecule has 0 radical (unpaired) electrons. The predicted octanol–water partition coefficient (Wildman–Crippen LogP) is 2.59. The summed E-state index contributed by atoms with van der Waals surface area (Å²) in [7, 11) is 1.51. The summed E-state index contributed by atoms with van der Waals surface area (Å²) < 4.78 is 44.6. The number of hydrogen-bond donors (Lipinski definition) is 2. The minimum Gasteiger partial charge on any atom is -0.495 e. The van der Waals surface area contributed by atoms with E-state index in [0.29, 0.717) is 32.9 Å². The van der Waals surface area contributed by atoms with Gasteiger partial charge in [0.15, 0.2) is 0 Å². The Balaban J connectivity index is 1.66. The fourth-order valence-electron chi connectivity index (χ4n) is 5.04. The van der Waals surface area contributed by atoms with Crippen LogP contribution in [0.1, 0.15) is 34.5 Å². The molecule has 1 fully saturated rings. The predicted molar refractivity (Wildman–Crippen MR) is 117 cm³/mol. The van der Waals surface area contributed by atoms with Crippen LogP contribution in [0.25, 0.3) is 11.3 Å². The molecular weight excluding hydrogens is 467 g/mol. The second kappa shape index (κ2) is 8.02. The quantitative estimate of drug-likeness (QED) is 0.579. The highest BCUT2D eigenvalue weighted by atomic mass is 19.4.